The molecule has 17 heteroatoms. The number of ketones is 1. The smallest absolute Gasteiger partial charge is 0.306 e. The standard InChI is InChI=1S/C52H55N7O8S2/c1-29-18-46(62)30(2)58-50(66)35(25-47(63)67-28-42-40-10-5-3-8-38(40)39-9-4-6-11-41(39)42)21-31-12-14-44(60)33(19-31)23-36-26-56-51(68-36)54-16-7-17-55-52-57-27-37(69-52)24-34-20-32(13-15-45(34)61)22-43(48(53)64)59-49(29)65/h3-6,8-15,19-20,26-27,29-30,35,42-43,60-61H,7,16-18,21-25,28H2,1-2H3,(H2,53,64)(H,54,56)(H,55,57)(H,58,66)(H,59,65)/t29-,30+,35-,43+/m1/s1. The Morgan fingerprint density at radius 1 is 0.725 bits per heavy atom. The van der Waals surface area contributed by atoms with Crippen LogP contribution in [-0.2, 0) is 54.4 Å². The Morgan fingerprint density at radius 2 is 1.28 bits per heavy atom. The second-order valence-electron chi connectivity index (χ2n) is 17.7. The average Bonchev–Trinajstić information content (AvgIpc) is 4.07. The minimum atomic E-state index is -1.11. The Morgan fingerprint density at radius 3 is 1.84 bits per heavy atom. The topological polar surface area (TPSA) is 235 Å². The van der Waals surface area contributed by atoms with E-state index >= 15 is 0 Å². The number of hydrogen-bond donors (Lipinski definition) is 7. The molecule has 69 heavy (non-hydrogen) atoms. The van der Waals surface area contributed by atoms with E-state index < -0.39 is 53.4 Å². The highest BCUT2D eigenvalue weighted by molar-refractivity contribution is 7.15. The number of nitrogens with one attached hydrogen (secondary N) is 4. The summed E-state index contributed by atoms with van der Waals surface area (Å²) < 4.78 is 5.94. The van der Waals surface area contributed by atoms with Crippen LogP contribution < -0.4 is 27.0 Å². The summed E-state index contributed by atoms with van der Waals surface area (Å²) in [4.78, 5) is 78.6. The van der Waals surface area contributed by atoms with Gasteiger partial charge in [0.05, 0.1) is 18.4 Å². The number of carbonyl (C=O) groups is 5. The molecule has 15 nitrogen and oxygen atoms in total. The summed E-state index contributed by atoms with van der Waals surface area (Å²) in [5.74, 6) is -4.84. The molecule has 0 saturated heterocycles. The fraction of sp³-hybridized carbons (Fsp3) is 0.327. The van der Waals surface area contributed by atoms with Crippen LogP contribution in [0.5, 0.6) is 11.5 Å². The van der Waals surface area contributed by atoms with Crippen LogP contribution in [0.3, 0.4) is 0 Å². The summed E-state index contributed by atoms with van der Waals surface area (Å²) in [6, 6.07) is 23.9. The molecule has 8 rings (SSSR count). The van der Waals surface area contributed by atoms with Crippen LogP contribution in [0, 0.1) is 11.8 Å². The van der Waals surface area contributed by atoms with Crippen molar-refractivity contribution in [3.05, 3.63) is 140 Å². The number of phenols is 2. The molecule has 8 bridgehead atoms. The molecule has 0 saturated carbocycles. The number of esters is 1. The molecular formula is C52H55N7O8S2. The van der Waals surface area contributed by atoms with E-state index in [1.807, 2.05) is 54.6 Å². The van der Waals surface area contributed by atoms with Crippen LogP contribution in [0.4, 0.5) is 10.3 Å². The van der Waals surface area contributed by atoms with Crippen molar-refractivity contribution >= 4 is 62.4 Å². The lowest BCUT2D eigenvalue weighted by Crippen LogP contribution is -2.48. The average molecular weight is 970 g/mol. The Bertz CT molecular complexity index is 2820. The summed E-state index contributed by atoms with van der Waals surface area (Å²) in [6.07, 6.45) is 4.60. The number of amides is 3. The van der Waals surface area contributed by atoms with Gasteiger partial charge in [0.25, 0.3) is 0 Å². The molecule has 0 spiro atoms. The highest BCUT2D eigenvalue weighted by atomic mass is 32.1. The van der Waals surface area contributed by atoms with Crippen molar-refractivity contribution in [2.24, 2.45) is 17.6 Å². The molecule has 1 aliphatic carbocycles. The number of primary amides is 1. The second-order valence-corrected chi connectivity index (χ2v) is 20.0. The van der Waals surface area contributed by atoms with Gasteiger partial charge in [0, 0.05) is 72.8 Å². The molecule has 3 amide bonds. The number of benzene rings is 4. The molecule has 2 aliphatic rings. The summed E-state index contributed by atoms with van der Waals surface area (Å²) in [5.41, 5.74) is 12.6. The van der Waals surface area contributed by atoms with Gasteiger partial charge in [0.1, 0.15) is 24.1 Å². The van der Waals surface area contributed by atoms with Gasteiger partial charge in [0.15, 0.2) is 16.0 Å². The quantitative estimate of drug-likeness (QED) is 0.0902. The lowest BCUT2D eigenvalue weighted by molar-refractivity contribution is -0.147. The highest BCUT2D eigenvalue weighted by Gasteiger charge is 2.32. The minimum Gasteiger partial charge on any atom is -0.508 e. The Kier molecular flexibility index (Phi) is 15.3. The maximum atomic E-state index is 14.2. The molecule has 4 aromatic carbocycles. The third kappa shape index (κ3) is 12.1. The monoisotopic (exact) mass is 969 g/mol. The van der Waals surface area contributed by atoms with Gasteiger partial charge >= 0.3 is 5.97 Å². The number of aromatic nitrogens is 2. The Balaban J connectivity index is 1.01. The van der Waals surface area contributed by atoms with E-state index in [4.69, 9.17) is 10.5 Å². The molecule has 0 radical (unpaired) electrons. The normalized spacial score (nSPS) is 19.6. The van der Waals surface area contributed by atoms with Gasteiger partial charge in [-0.05, 0) is 76.4 Å². The van der Waals surface area contributed by atoms with Crippen molar-refractivity contribution in [3.8, 4) is 22.6 Å². The minimum absolute atomic E-state index is 0.0426. The number of carbonyl (C=O) groups excluding carboxylic acids is 5. The number of rotatable bonds is 5. The molecule has 2 aromatic heterocycles. The van der Waals surface area contributed by atoms with Crippen LogP contribution in [0.1, 0.15) is 82.2 Å². The van der Waals surface area contributed by atoms with Crippen LogP contribution in [0.25, 0.3) is 11.1 Å². The SMILES string of the molecule is C[C@@H]1CC(=O)[C@H](C)NC(=O)[C@@H](CC(=O)OCC2c3ccccc3-c3ccccc32)Cc2ccc(O)c(c2)Cc2cnc(s2)NCCCNc2ncc(s2)Cc2cc(ccc2O)C[C@@H](C(N)=O)NC1=O. The van der Waals surface area contributed by atoms with Crippen LogP contribution in [0.2, 0.25) is 0 Å². The lowest BCUT2D eigenvalue weighted by Gasteiger charge is -2.22. The largest absolute Gasteiger partial charge is 0.508 e. The number of aromatic hydroxyl groups is 2. The van der Waals surface area contributed by atoms with E-state index in [1.165, 1.54) is 35.7 Å². The van der Waals surface area contributed by atoms with Gasteiger partial charge in [0.2, 0.25) is 17.7 Å². The van der Waals surface area contributed by atoms with Gasteiger partial charge in [-0.1, -0.05) is 79.7 Å². The first-order chi connectivity index (χ1) is 33.3. The van der Waals surface area contributed by atoms with Gasteiger partial charge in [-0.2, -0.15) is 0 Å². The maximum Gasteiger partial charge on any atom is 0.306 e. The molecule has 358 valence electrons. The molecule has 3 heterocycles. The van der Waals surface area contributed by atoms with E-state index in [-0.39, 0.29) is 49.7 Å². The van der Waals surface area contributed by atoms with Crippen molar-refractivity contribution in [1.29, 1.82) is 0 Å². The molecular weight excluding hydrogens is 915 g/mol. The van der Waals surface area contributed by atoms with E-state index in [1.54, 1.807) is 43.6 Å². The molecule has 8 N–H and O–H groups in total. The van der Waals surface area contributed by atoms with Gasteiger partial charge in [-0.15, -0.1) is 22.7 Å². The first-order valence-corrected chi connectivity index (χ1v) is 24.7. The van der Waals surface area contributed by atoms with Crippen molar-refractivity contribution in [2.45, 2.75) is 76.8 Å². The Hall–Kier alpha value is -7.11. The van der Waals surface area contributed by atoms with Crippen LogP contribution in [0.15, 0.2) is 97.3 Å². The second kappa shape index (κ2) is 21.9. The number of fused-ring (bicyclic) bond motifs is 11. The number of hydrogen-bond acceptors (Lipinski definition) is 14. The van der Waals surface area contributed by atoms with E-state index in [2.05, 4.69) is 31.2 Å². The number of nitrogens with two attached hydrogens (primary N) is 1. The zero-order chi connectivity index (χ0) is 48.6. The number of phenolic OH excluding ortho intramolecular Hbond substituents is 2. The fourth-order valence-corrected chi connectivity index (χ4v) is 10.5. The van der Waals surface area contributed by atoms with Crippen molar-refractivity contribution in [3.63, 3.8) is 0 Å². The molecule has 6 aromatic rings. The number of Topliss-reactive ketones (excluding diaryl/α,β-unsaturated/α-hetero) is 1. The van der Waals surface area contributed by atoms with E-state index in [9.17, 15) is 34.2 Å². The van der Waals surface area contributed by atoms with Gasteiger partial charge < -0.3 is 42.0 Å². The predicted octanol–water partition coefficient (Wildman–Crippen LogP) is 6.64. The summed E-state index contributed by atoms with van der Waals surface area (Å²) in [6.45, 7) is 4.43. The predicted molar refractivity (Wildman–Crippen MR) is 265 cm³/mol. The summed E-state index contributed by atoms with van der Waals surface area (Å²) >= 11 is 2.94. The summed E-state index contributed by atoms with van der Waals surface area (Å²) in [5, 5.41) is 35.3. The highest BCUT2D eigenvalue weighted by Crippen LogP contribution is 2.44. The number of nitrogens with zero attached hydrogens (tertiary/aromatic N) is 2. The van der Waals surface area contributed by atoms with Gasteiger partial charge in [-0.3, -0.25) is 24.0 Å². The molecule has 1 aliphatic heterocycles. The Labute approximate surface area is 408 Å². The number of ether oxygens (including phenoxy) is 1. The maximum absolute atomic E-state index is 14.2. The van der Waals surface area contributed by atoms with E-state index in [0.29, 0.717) is 48.2 Å². The zero-order valence-corrected chi connectivity index (χ0v) is 40.0. The third-order valence-electron chi connectivity index (χ3n) is 12.6. The molecule has 4 atom stereocenters. The zero-order valence-electron chi connectivity index (χ0n) is 38.3. The lowest BCUT2D eigenvalue weighted by atomic mass is 9.92. The third-order valence-corrected chi connectivity index (χ3v) is 14.5. The van der Waals surface area contributed by atoms with E-state index in [0.717, 1.165) is 48.7 Å². The van der Waals surface area contributed by atoms with Crippen molar-refractivity contribution in [1.82, 2.24) is 20.6 Å². The van der Waals surface area contributed by atoms with Crippen molar-refractivity contribution in [2.75, 3.05) is 30.3 Å². The van der Waals surface area contributed by atoms with Crippen molar-refractivity contribution < 1.29 is 38.9 Å². The first-order valence-electron chi connectivity index (χ1n) is 23.0. The van der Waals surface area contributed by atoms with Crippen LogP contribution >= 0.6 is 22.7 Å². The fourth-order valence-electron chi connectivity index (χ4n) is 8.78. The first kappa shape index (κ1) is 48.4. The molecule has 0 unspecified atom stereocenters. The number of anilines is 2. The summed E-state index contributed by atoms with van der Waals surface area (Å²) in [7, 11) is 0. The van der Waals surface area contributed by atoms with Gasteiger partial charge in [-0.25, -0.2) is 9.97 Å². The van der Waals surface area contributed by atoms with Crippen LogP contribution in [-0.4, -0.2) is 81.4 Å². The number of thiazole rings is 2. The molecule has 0 fully saturated rings.